The minimum absolute atomic E-state index is 1.18. The molecule has 0 heterocycles. The summed E-state index contributed by atoms with van der Waals surface area (Å²) in [4.78, 5) is 0. The lowest BCUT2D eigenvalue weighted by molar-refractivity contribution is 0.440. The number of nitrogens with zero attached hydrogens (tertiary/aromatic N) is 2. The van der Waals surface area contributed by atoms with Gasteiger partial charge in [0, 0.05) is 19.7 Å². The predicted octanol–water partition coefficient (Wildman–Crippen LogP) is 3.89. The molecule has 3 aromatic rings. The summed E-state index contributed by atoms with van der Waals surface area (Å²) in [6.45, 7) is 0. The molecular formula is C17H16N2. The van der Waals surface area contributed by atoms with Gasteiger partial charge in [-0.15, -0.1) is 0 Å². The maximum atomic E-state index is 4.40. The molecular weight excluding hydrogens is 232 g/mol. The van der Waals surface area contributed by atoms with Gasteiger partial charge in [-0.2, -0.15) is 5.10 Å². The van der Waals surface area contributed by atoms with E-state index < -0.39 is 0 Å². The van der Waals surface area contributed by atoms with E-state index in [4.69, 9.17) is 0 Å². The zero-order valence-corrected chi connectivity index (χ0v) is 11.2. The first-order chi connectivity index (χ1) is 9.25. The van der Waals surface area contributed by atoms with Crippen LogP contribution in [-0.2, 0) is 0 Å². The summed E-state index contributed by atoms with van der Waals surface area (Å²) in [5, 5.41) is 11.2. The third kappa shape index (κ3) is 2.17. The molecule has 2 heteroatoms. The minimum atomic E-state index is 1.18. The predicted molar refractivity (Wildman–Crippen MR) is 82.7 cm³/mol. The van der Waals surface area contributed by atoms with Crippen molar-refractivity contribution in [2.75, 3.05) is 14.1 Å². The van der Waals surface area contributed by atoms with Gasteiger partial charge in [0.05, 0.1) is 6.21 Å². The van der Waals surface area contributed by atoms with E-state index in [1.807, 2.05) is 25.3 Å². The molecule has 0 fully saturated rings. The Morgan fingerprint density at radius 3 is 1.89 bits per heavy atom. The molecule has 0 aliphatic heterocycles. The second kappa shape index (κ2) is 4.73. The molecule has 94 valence electrons. The number of fused-ring (bicyclic) bond motifs is 2. The van der Waals surface area contributed by atoms with Crippen LogP contribution in [0.15, 0.2) is 59.7 Å². The van der Waals surface area contributed by atoms with Crippen LogP contribution in [0.5, 0.6) is 0 Å². The highest BCUT2D eigenvalue weighted by Gasteiger charge is 2.05. The van der Waals surface area contributed by atoms with Gasteiger partial charge >= 0.3 is 0 Å². The first kappa shape index (κ1) is 11.7. The van der Waals surface area contributed by atoms with E-state index in [1.165, 1.54) is 27.1 Å². The normalized spacial score (nSPS) is 11.5. The van der Waals surface area contributed by atoms with Crippen molar-refractivity contribution in [1.82, 2.24) is 5.01 Å². The number of hydrazone groups is 1. The van der Waals surface area contributed by atoms with E-state index in [0.29, 0.717) is 0 Å². The SMILES string of the molecule is CN(C)N=Cc1c2ccccc2cc2ccccc12. The number of benzene rings is 3. The fourth-order valence-corrected chi connectivity index (χ4v) is 2.36. The molecule has 2 nitrogen and oxygen atoms in total. The number of hydrogen-bond donors (Lipinski definition) is 0. The van der Waals surface area contributed by atoms with Crippen LogP contribution < -0.4 is 0 Å². The average Bonchev–Trinajstić information content (AvgIpc) is 2.43. The summed E-state index contributed by atoms with van der Waals surface area (Å²) >= 11 is 0. The van der Waals surface area contributed by atoms with Gasteiger partial charge in [0.2, 0.25) is 0 Å². The van der Waals surface area contributed by atoms with Gasteiger partial charge in [0.1, 0.15) is 0 Å². The van der Waals surface area contributed by atoms with Crippen LogP contribution in [0.3, 0.4) is 0 Å². The van der Waals surface area contributed by atoms with Crippen molar-refractivity contribution < 1.29 is 0 Å². The maximum Gasteiger partial charge on any atom is 0.0555 e. The highest BCUT2D eigenvalue weighted by atomic mass is 15.4. The van der Waals surface area contributed by atoms with E-state index in [-0.39, 0.29) is 0 Å². The molecule has 0 bridgehead atoms. The molecule has 0 aliphatic carbocycles. The van der Waals surface area contributed by atoms with Crippen molar-refractivity contribution in [3.63, 3.8) is 0 Å². The summed E-state index contributed by atoms with van der Waals surface area (Å²) in [7, 11) is 3.87. The van der Waals surface area contributed by atoms with Crippen molar-refractivity contribution in [3.05, 3.63) is 60.2 Å². The quantitative estimate of drug-likeness (QED) is 0.381. The second-order valence-corrected chi connectivity index (χ2v) is 4.82. The minimum Gasteiger partial charge on any atom is -0.303 e. The van der Waals surface area contributed by atoms with Crippen LogP contribution in [0.4, 0.5) is 0 Å². The highest BCUT2D eigenvalue weighted by Crippen LogP contribution is 2.27. The van der Waals surface area contributed by atoms with E-state index in [2.05, 4.69) is 59.7 Å². The van der Waals surface area contributed by atoms with Gasteiger partial charge in [-0.3, -0.25) is 0 Å². The fraction of sp³-hybridized carbons (Fsp3) is 0.118. The van der Waals surface area contributed by atoms with Crippen LogP contribution in [0.1, 0.15) is 5.56 Å². The van der Waals surface area contributed by atoms with Crippen LogP contribution in [0.25, 0.3) is 21.5 Å². The van der Waals surface area contributed by atoms with Crippen molar-refractivity contribution in [3.8, 4) is 0 Å². The smallest absolute Gasteiger partial charge is 0.0555 e. The molecule has 0 N–H and O–H groups in total. The zero-order valence-electron chi connectivity index (χ0n) is 11.2. The Balaban J connectivity index is 2.39. The van der Waals surface area contributed by atoms with Gasteiger partial charge in [-0.25, -0.2) is 0 Å². The van der Waals surface area contributed by atoms with E-state index in [1.54, 1.807) is 0 Å². The molecule has 0 atom stereocenters. The van der Waals surface area contributed by atoms with Crippen molar-refractivity contribution in [1.29, 1.82) is 0 Å². The lowest BCUT2D eigenvalue weighted by atomic mass is 9.97. The van der Waals surface area contributed by atoms with Gasteiger partial charge < -0.3 is 5.01 Å². The van der Waals surface area contributed by atoms with Crippen molar-refractivity contribution in [2.24, 2.45) is 5.10 Å². The molecule has 0 saturated heterocycles. The van der Waals surface area contributed by atoms with Crippen molar-refractivity contribution in [2.45, 2.75) is 0 Å². The molecule has 3 aromatic carbocycles. The standard InChI is InChI=1S/C17H16N2/c1-19(2)18-12-17-15-9-5-3-7-13(15)11-14-8-4-6-10-16(14)17/h3-12H,1-2H3. The Bertz CT molecular complexity index is 703. The van der Waals surface area contributed by atoms with Crippen molar-refractivity contribution >= 4 is 27.8 Å². The monoisotopic (exact) mass is 248 g/mol. The van der Waals surface area contributed by atoms with Gasteiger partial charge in [0.25, 0.3) is 0 Å². The average molecular weight is 248 g/mol. The van der Waals surface area contributed by atoms with E-state index >= 15 is 0 Å². The third-order valence-corrected chi connectivity index (χ3v) is 3.23. The summed E-state index contributed by atoms with van der Waals surface area (Å²) < 4.78 is 0. The number of hydrogen-bond acceptors (Lipinski definition) is 2. The molecule has 0 radical (unpaired) electrons. The van der Waals surface area contributed by atoms with Crippen LogP contribution in [0, 0.1) is 0 Å². The fourth-order valence-electron chi connectivity index (χ4n) is 2.36. The number of rotatable bonds is 2. The molecule has 0 saturated carbocycles. The lowest BCUT2D eigenvalue weighted by Gasteiger charge is -2.09. The second-order valence-electron chi connectivity index (χ2n) is 4.82. The van der Waals surface area contributed by atoms with E-state index in [0.717, 1.165) is 0 Å². The highest BCUT2D eigenvalue weighted by molar-refractivity contribution is 6.13. The Labute approximate surface area is 113 Å². The van der Waals surface area contributed by atoms with Gasteiger partial charge in [-0.05, 0) is 27.6 Å². The Morgan fingerprint density at radius 1 is 0.842 bits per heavy atom. The summed E-state index contributed by atoms with van der Waals surface area (Å²) in [6, 6.07) is 19.1. The van der Waals surface area contributed by atoms with E-state index in [9.17, 15) is 0 Å². The Morgan fingerprint density at radius 2 is 1.37 bits per heavy atom. The molecule has 0 aliphatic rings. The molecule has 0 aromatic heterocycles. The maximum absolute atomic E-state index is 4.40. The Hall–Kier alpha value is -2.35. The lowest BCUT2D eigenvalue weighted by Crippen LogP contribution is -2.02. The molecule has 3 rings (SSSR count). The van der Waals surface area contributed by atoms with Crippen LogP contribution in [0.2, 0.25) is 0 Å². The molecule has 0 spiro atoms. The largest absolute Gasteiger partial charge is 0.303 e. The summed E-state index contributed by atoms with van der Waals surface area (Å²) in [5.41, 5.74) is 1.18. The van der Waals surface area contributed by atoms with Gasteiger partial charge in [0.15, 0.2) is 0 Å². The topological polar surface area (TPSA) is 15.6 Å². The Kier molecular flexibility index (Phi) is 2.92. The van der Waals surface area contributed by atoms with Crippen LogP contribution >= 0.6 is 0 Å². The first-order valence-corrected chi connectivity index (χ1v) is 6.37. The van der Waals surface area contributed by atoms with Crippen LogP contribution in [-0.4, -0.2) is 25.3 Å². The summed E-state index contributed by atoms with van der Waals surface area (Å²) in [5.74, 6) is 0. The summed E-state index contributed by atoms with van der Waals surface area (Å²) in [6.07, 6.45) is 1.95. The molecule has 19 heavy (non-hydrogen) atoms. The third-order valence-electron chi connectivity index (χ3n) is 3.23. The molecule has 0 amide bonds. The molecule has 0 unspecified atom stereocenters. The zero-order chi connectivity index (χ0) is 13.2. The first-order valence-electron chi connectivity index (χ1n) is 6.37. The van der Waals surface area contributed by atoms with Gasteiger partial charge in [-0.1, -0.05) is 48.5 Å².